The van der Waals surface area contributed by atoms with Crippen molar-refractivity contribution in [3.8, 4) is 0 Å². The van der Waals surface area contributed by atoms with Gasteiger partial charge < -0.3 is 10.0 Å². The van der Waals surface area contributed by atoms with Crippen molar-refractivity contribution in [3.05, 3.63) is 70.2 Å². The highest BCUT2D eigenvalue weighted by Crippen LogP contribution is 2.39. The Morgan fingerprint density at radius 1 is 1.09 bits per heavy atom. The van der Waals surface area contributed by atoms with Crippen LogP contribution in [0.3, 0.4) is 0 Å². The lowest BCUT2D eigenvalue weighted by Gasteiger charge is -2.24. The number of amides is 1. The Bertz CT molecular complexity index is 748. The van der Waals surface area contributed by atoms with Crippen molar-refractivity contribution in [3.63, 3.8) is 0 Å². The van der Waals surface area contributed by atoms with E-state index in [9.17, 15) is 14.7 Å². The number of nitrogens with zero attached hydrogens (tertiary/aromatic N) is 1. The van der Waals surface area contributed by atoms with Crippen LogP contribution in [0.4, 0.5) is 0 Å². The lowest BCUT2D eigenvalue weighted by molar-refractivity contribution is 0.0676. The molecule has 2 aromatic carbocycles. The molecule has 0 unspecified atom stereocenters. The number of carbonyl (C=O) groups is 2. The first-order chi connectivity index (χ1) is 11.1. The van der Waals surface area contributed by atoms with Gasteiger partial charge in [0, 0.05) is 17.3 Å². The van der Waals surface area contributed by atoms with Crippen LogP contribution in [0.25, 0.3) is 0 Å². The van der Waals surface area contributed by atoms with Gasteiger partial charge in [-0.2, -0.15) is 0 Å². The second kappa shape index (κ2) is 6.64. The number of hydrogen-bond donors (Lipinski definition) is 1. The van der Waals surface area contributed by atoms with Gasteiger partial charge in [-0.3, -0.25) is 4.79 Å². The first-order valence-corrected chi connectivity index (χ1v) is 8.51. The van der Waals surface area contributed by atoms with Crippen LogP contribution in [-0.4, -0.2) is 34.2 Å². The van der Waals surface area contributed by atoms with Crippen molar-refractivity contribution in [2.45, 2.75) is 5.37 Å². The van der Waals surface area contributed by atoms with E-state index in [1.54, 1.807) is 47.0 Å². The van der Waals surface area contributed by atoms with E-state index in [0.29, 0.717) is 11.6 Å². The Morgan fingerprint density at radius 2 is 1.74 bits per heavy atom. The maximum atomic E-state index is 12.8. The van der Waals surface area contributed by atoms with Crippen LogP contribution in [-0.2, 0) is 0 Å². The fourth-order valence-electron chi connectivity index (χ4n) is 2.59. The van der Waals surface area contributed by atoms with Gasteiger partial charge in [-0.25, -0.2) is 4.79 Å². The molecule has 118 valence electrons. The molecule has 0 bridgehead atoms. The van der Waals surface area contributed by atoms with E-state index < -0.39 is 5.97 Å². The van der Waals surface area contributed by atoms with E-state index in [0.717, 1.165) is 11.3 Å². The molecule has 6 heteroatoms. The van der Waals surface area contributed by atoms with Crippen molar-refractivity contribution < 1.29 is 14.7 Å². The molecule has 1 atom stereocenters. The first kappa shape index (κ1) is 15.9. The number of hydrogen-bond acceptors (Lipinski definition) is 3. The molecule has 1 aliphatic rings. The summed E-state index contributed by atoms with van der Waals surface area (Å²) >= 11 is 7.58. The fourth-order valence-corrected chi connectivity index (χ4v) is 3.97. The van der Waals surface area contributed by atoms with Gasteiger partial charge in [0.25, 0.3) is 5.91 Å². The molecule has 4 nitrogen and oxygen atoms in total. The van der Waals surface area contributed by atoms with Crippen LogP contribution in [0.5, 0.6) is 0 Å². The highest BCUT2D eigenvalue weighted by atomic mass is 35.5. The Labute approximate surface area is 143 Å². The zero-order valence-electron chi connectivity index (χ0n) is 12.1. The summed E-state index contributed by atoms with van der Waals surface area (Å²) < 4.78 is 0. The topological polar surface area (TPSA) is 57.6 Å². The van der Waals surface area contributed by atoms with Crippen molar-refractivity contribution in [2.24, 2.45) is 0 Å². The number of benzene rings is 2. The number of carboxylic acid groups (broad SMARTS) is 1. The number of thioether (sulfide) groups is 1. The number of rotatable bonds is 3. The average molecular weight is 348 g/mol. The fraction of sp³-hybridized carbons (Fsp3) is 0.176. The molecule has 1 aliphatic heterocycles. The molecule has 0 spiro atoms. The Hall–Kier alpha value is -1.98. The van der Waals surface area contributed by atoms with Crippen LogP contribution >= 0.6 is 23.4 Å². The second-order valence-corrected chi connectivity index (χ2v) is 6.75. The van der Waals surface area contributed by atoms with E-state index in [1.165, 1.54) is 6.07 Å². The number of halogens is 1. The van der Waals surface area contributed by atoms with Gasteiger partial charge in [0.15, 0.2) is 0 Å². The third-order valence-corrected chi connectivity index (χ3v) is 5.21. The molecule has 1 saturated heterocycles. The third kappa shape index (κ3) is 3.21. The molecule has 0 aromatic heterocycles. The molecule has 0 saturated carbocycles. The summed E-state index contributed by atoms with van der Waals surface area (Å²) in [5.74, 6) is -0.536. The van der Waals surface area contributed by atoms with Gasteiger partial charge in [-0.1, -0.05) is 35.9 Å². The molecule has 0 aliphatic carbocycles. The predicted molar refractivity (Wildman–Crippen MR) is 91.1 cm³/mol. The molecule has 0 radical (unpaired) electrons. The highest BCUT2D eigenvalue weighted by Gasteiger charge is 2.32. The number of carboxylic acids is 1. The number of aromatic carboxylic acids is 1. The van der Waals surface area contributed by atoms with Gasteiger partial charge in [0.2, 0.25) is 0 Å². The van der Waals surface area contributed by atoms with Gasteiger partial charge in [-0.05, 0) is 29.8 Å². The largest absolute Gasteiger partial charge is 0.478 e. The van der Waals surface area contributed by atoms with Crippen LogP contribution in [0.2, 0.25) is 5.02 Å². The van der Waals surface area contributed by atoms with Crippen molar-refractivity contribution in [2.75, 3.05) is 12.3 Å². The molecule has 1 fully saturated rings. The first-order valence-electron chi connectivity index (χ1n) is 7.08. The van der Waals surface area contributed by atoms with Gasteiger partial charge >= 0.3 is 5.97 Å². The molecule has 1 heterocycles. The summed E-state index contributed by atoms with van der Waals surface area (Å²) in [6.45, 7) is 0.588. The van der Waals surface area contributed by atoms with Crippen LogP contribution < -0.4 is 0 Å². The Kier molecular flexibility index (Phi) is 4.59. The van der Waals surface area contributed by atoms with E-state index >= 15 is 0 Å². The number of carbonyl (C=O) groups excluding carboxylic acids is 1. The van der Waals surface area contributed by atoms with Crippen LogP contribution in [0.15, 0.2) is 48.5 Å². The highest BCUT2D eigenvalue weighted by molar-refractivity contribution is 7.99. The van der Waals surface area contributed by atoms with Gasteiger partial charge in [0.1, 0.15) is 5.37 Å². The molecular weight excluding hydrogens is 334 g/mol. The minimum absolute atomic E-state index is 0.0317. The standard InChI is InChI=1S/C17H14ClNO3S/c18-12-7-5-11(6-8-12)16-19(9-10-23-16)15(20)13-3-1-2-4-14(13)17(21)22/h1-8,16H,9-10H2,(H,21,22)/t16-/m1/s1. The lowest BCUT2D eigenvalue weighted by atomic mass is 10.1. The SMILES string of the molecule is O=C(O)c1ccccc1C(=O)N1CCS[C@@H]1c1ccc(Cl)cc1. The summed E-state index contributed by atoms with van der Waals surface area (Å²) in [5.41, 5.74) is 1.24. The molecule has 2 aromatic rings. The van der Waals surface area contributed by atoms with Gasteiger partial charge in [-0.15, -0.1) is 11.8 Å². The summed E-state index contributed by atoms with van der Waals surface area (Å²) in [4.78, 5) is 25.9. The molecule has 23 heavy (non-hydrogen) atoms. The van der Waals surface area contributed by atoms with Crippen LogP contribution in [0.1, 0.15) is 31.7 Å². The summed E-state index contributed by atoms with van der Waals surface area (Å²) in [7, 11) is 0. The van der Waals surface area contributed by atoms with E-state index in [2.05, 4.69) is 0 Å². The van der Waals surface area contributed by atoms with Crippen molar-refractivity contribution >= 4 is 35.2 Å². The monoisotopic (exact) mass is 347 g/mol. The van der Waals surface area contributed by atoms with Gasteiger partial charge in [0.05, 0.1) is 11.1 Å². The quantitative estimate of drug-likeness (QED) is 0.914. The average Bonchev–Trinajstić information content (AvgIpc) is 3.04. The minimum atomic E-state index is -1.09. The third-order valence-electron chi connectivity index (χ3n) is 3.69. The summed E-state index contributed by atoms with van der Waals surface area (Å²) in [6, 6.07) is 13.7. The molecule has 1 amide bonds. The summed E-state index contributed by atoms with van der Waals surface area (Å²) in [5, 5.41) is 9.80. The van der Waals surface area contributed by atoms with Crippen LogP contribution in [0, 0.1) is 0 Å². The molecule has 1 N–H and O–H groups in total. The lowest BCUT2D eigenvalue weighted by Crippen LogP contribution is -2.31. The van der Waals surface area contributed by atoms with Crippen molar-refractivity contribution in [1.29, 1.82) is 0 Å². The maximum Gasteiger partial charge on any atom is 0.336 e. The normalized spacial score (nSPS) is 17.3. The Morgan fingerprint density at radius 3 is 2.39 bits per heavy atom. The smallest absolute Gasteiger partial charge is 0.336 e. The van der Waals surface area contributed by atoms with E-state index in [4.69, 9.17) is 11.6 Å². The summed E-state index contributed by atoms with van der Waals surface area (Å²) in [6.07, 6.45) is 0. The Balaban J connectivity index is 1.92. The van der Waals surface area contributed by atoms with E-state index in [1.807, 2.05) is 12.1 Å². The van der Waals surface area contributed by atoms with E-state index in [-0.39, 0.29) is 22.4 Å². The zero-order valence-corrected chi connectivity index (χ0v) is 13.7. The van der Waals surface area contributed by atoms with Crippen molar-refractivity contribution in [1.82, 2.24) is 4.90 Å². The zero-order chi connectivity index (χ0) is 16.4. The molecular formula is C17H14ClNO3S. The predicted octanol–water partition coefficient (Wildman–Crippen LogP) is 3.93. The molecule has 3 rings (SSSR count). The maximum absolute atomic E-state index is 12.8. The minimum Gasteiger partial charge on any atom is -0.478 e. The second-order valence-electron chi connectivity index (χ2n) is 5.12.